The summed E-state index contributed by atoms with van der Waals surface area (Å²) in [7, 11) is 0. The molecule has 0 saturated carbocycles. The Morgan fingerprint density at radius 2 is 1.83 bits per heavy atom. The lowest BCUT2D eigenvalue weighted by Gasteiger charge is -2.22. The Morgan fingerprint density at radius 3 is 2.54 bits per heavy atom. The van der Waals surface area contributed by atoms with E-state index in [2.05, 4.69) is 20.9 Å². The van der Waals surface area contributed by atoms with Gasteiger partial charge in [-0.25, -0.2) is 4.99 Å². The smallest absolute Gasteiger partial charge is 0.271 e. The molecule has 1 aliphatic heterocycles. The number of carbonyl (C=O) groups is 1. The van der Waals surface area contributed by atoms with E-state index in [9.17, 15) is 9.59 Å². The van der Waals surface area contributed by atoms with Gasteiger partial charge in [0.05, 0.1) is 4.53 Å². The molecule has 0 N–H and O–H groups in total. The van der Waals surface area contributed by atoms with Crippen LogP contribution < -0.4 is 14.9 Å². The maximum Gasteiger partial charge on any atom is 0.271 e. The molecule has 0 unspecified atom stereocenters. The van der Waals surface area contributed by atoms with Crippen LogP contribution in [0.4, 0.5) is 0 Å². The first kappa shape index (κ1) is 23.2. The van der Waals surface area contributed by atoms with Crippen LogP contribution in [0.1, 0.15) is 31.2 Å². The lowest BCUT2D eigenvalue weighted by Crippen LogP contribution is -2.39. The highest BCUT2D eigenvalue weighted by molar-refractivity contribution is 9.10. The standard InChI is InChI=1S/C28H21BrN2O3S/c1-17-25(18(2)32)26(23-16-15-22(34-23)20-11-13-21(29)14-12-20)31-27(33)24(35-28(31)30-17)10-6-9-19-7-4-3-5-8-19/h3-16,26H,1-2H3/b9-6+,24-10+/t26-/m0/s1. The lowest BCUT2D eigenvalue weighted by atomic mass is 9.98. The van der Waals surface area contributed by atoms with E-state index in [1.807, 2.05) is 78.9 Å². The largest absolute Gasteiger partial charge is 0.458 e. The quantitative estimate of drug-likeness (QED) is 0.332. The Morgan fingerprint density at radius 1 is 1.09 bits per heavy atom. The van der Waals surface area contributed by atoms with Crippen LogP contribution in [0.3, 0.4) is 0 Å². The average molecular weight is 545 g/mol. The fourth-order valence-electron chi connectivity index (χ4n) is 4.13. The van der Waals surface area contributed by atoms with Crippen LogP contribution in [0.15, 0.2) is 103 Å². The molecule has 0 spiro atoms. The molecule has 2 aromatic heterocycles. The summed E-state index contributed by atoms with van der Waals surface area (Å²) in [6.45, 7) is 3.30. The Hall–Kier alpha value is -3.55. The number of Topliss-reactive ketones (excluding diaryl/α,β-unsaturated/α-hetero) is 1. The Balaban J connectivity index is 1.61. The molecule has 0 saturated heterocycles. The second kappa shape index (κ2) is 9.60. The van der Waals surface area contributed by atoms with E-state index in [4.69, 9.17) is 4.42 Å². The maximum atomic E-state index is 13.5. The third kappa shape index (κ3) is 4.57. The molecule has 0 radical (unpaired) electrons. The zero-order chi connectivity index (χ0) is 24.5. The van der Waals surface area contributed by atoms with Crippen LogP contribution in [0.2, 0.25) is 0 Å². The summed E-state index contributed by atoms with van der Waals surface area (Å²) in [6.07, 6.45) is 5.59. The number of hydrogen-bond acceptors (Lipinski definition) is 5. The van der Waals surface area contributed by atoms with Gasteiger partial charge in [-0.1, -0.05) is 81.9 Å². The molecule has 5 rings (SSSR count). The van der Waals surface area contributed by atoms with Gasteiger partial charge >= 0.3 is 0 Å². The molecule has 5 nitrogen and oxygen atoms in total. The van der Waals surface area contributed by atoms with Crippen LogP contribution >= 0.6 is 27.3 Å². The number of benzene rings is 2. The molecule has 174 valence electrons. The number of nitrogens with zero attached hydrogens (tertiary/aromatic N) is 2. The van der Waals surface area contributed by atoms with Crippen LogP contribution in [0, 0.1) is 0 Å². The van der Waals surface area contributed by atoms with Gasteiger partial charge in [0, 0.05) is 21.3 Å². The second-order valence-corrected chi connectivity index (χ2v) is 10.1. The van der Waals surface area contributed by atoms with Gasteiger partial charge in [-0.2, -0.15) is 0 Å². The molecule has 0 amide bonds. The molecular weight excluding hydrogens is 524 g/mol. The van der Waals surface area contributed by atoms with E-state index in [0.717, 1.165) is 15.6 Å². The van der Waals surface area contributed by atoms with Crippen molar-refractivity contribution < 1.29 is 9.21 Å². The molecule has 7 heteroatoms. The van der Waals surface area contributed by atoms with Gasteiger partial charge < -0.3 is 4.42 Å². The zero-order valence-electron chi connectivity index (χ0n) is 19.1. The predicted octanol–water partition coefficient (Wildman–Crippen LogP) is 5.51. The number of fused-ring (bicyclic) bond motifs is 1. The van der Waals surface area contributed by atoms with Gasteiger partial charge in [-0.15, -0.1) is 0 Å². The first-order valence-corrected chi connectivity index (χ1v) is 12.6. The number of rotatable bonds is 5. The highest BCUT2D eigenvalue weighted by Crippen LogP contribution is 2.34. The average Bonchev–Trinajstić information content (AvgIpc) is 3.44. The van der Waals surface area contributed by atoms with E-state index in [-0.39, 0.29) is 11.3 Å². The molecule has 0 bridgehead atoms. The molecule has 1 atom stereocenters. The fraction of sp³-hybridized carbons (Fsp3) is 0.107. The molecule has 35 heavy (non-hydrogen) atoms. The summed E-state index contributed by atoms with van der Waals surface area (Å²) in [5.41, 5.74) is 2.80. The number of furan rings is 1. The Labute approximate surface area is 214 Å². The minimum Gasteiger partial charge on any atom is -0.458 e. The SMILES string of the molecule is CC(=O)C1=C(C)N=c2s/c(=C/C=C/c3ccccc3)c(=O)n2[C@H]1c1ccc(-c2ccc(Br)cc2)o1. The Kier molecular flexibility index (Phi) is 6.36. The second-order valence-electron chi connectivity index (χ2n) is 8.14. The van der Waals surface area contributed by atoms with Gasteiger partial charge in [0.2, 0.25) is 0 Å². The van der Waals surface area contributed by atoms with Crippen molar-refractivity contribution in [1.29, 1.82) is 0 Å². The van der Waals surface area contributed by atoms with E-state index in [1.54, 1.807) is 17.6 Å². The molecule has 0 aliphatic carbocycles. The zero-order valence-corrected chi connectivity index (χ0v) is 21.5. The molecule has 1 aliphatic rings. The summed E-state index contributed by atoms with van der Waals surface area (Å²) in [5, 5.41) is 0. The first-order valence-electron chi connectivity index (χ1n) is 11.0. The monoisotopic (exact) mass is 544 g/mol. The lowest BCUT2D eigenvalue weighted by molar-refractivity contribution is -0.114. The Bertz CT molecular complexity index is 1660. The highest BCUT2D eigenvalue weighted by Gasteiger charge is 2.32. The van der Waals surface area contributed by atoms with Gasteiger partial charge in [-0.3, -0.25) is 14.2 Å². The third-order valence-electron chi connectivity index (χ3n) is 5.76. The van der Waals surface area contributed by atoms with E-state index in [1.165, 1.54) is 18.3 Å². The number of aromatic nitrogens is 1. The van der Waals surface area contributed by atoms with Gasteiger partial charge in [0.1, 0.15) is 17.6 Å². The summed E-state index contributed by atoms with van der Waals surface area (Å²) >= 11 is 4.75. The fourth-order valence-corrected chi connectivity index (χ4v) is 5.40. The van der Waals surface area contributed by atoms with E-state index < -0.39 is 6.04 Å². The van der Waals surface area contributed by atoms with Crippen molar-refractivity contribution >= 4 is 45.2 Å². The number of allylic oxidation sites excluding steroid dienone is 3. The molecule has 3 heterocycles. The summed E-state index contributed by atoms with van der Waals surface area (Å²) in [6, 6.07) is 20.7. The van der Waals surface area contributed by atoms with Crippen molar-refractivity contribution in [2.75, 3.05) is 0 Å². The van der Waals surface area contributed by atoms with Crippen LogP contribution in [-0.2, 0) is 4.79 Å². The van der Waals surface area contributed by atoms with Crippen molar-refractivity contribution in [3.05, 3.63) is 120 Å². The van der Waals surface area contributed by atoms with Gasteiger partial charge in [0.25, 0.3) is 5.56 Å². The first-order chi connectivity index (χ1) is 16.9. The molecule has 0 fully saturated rings. The van der Waals surface area contributed by atoms with Crippen molar-refractivity contribution in [3.8, 4) is 11.3 Å². The highest BCUT2D eigenvalue weighted by atomic mass is 79.9. The van der Waals surface area contributed by atoms with Crippen molar-refractivity contribution in [3.63, 3.8) is 0 Å². The minimum absolute atomic E-state index is 0.143. The third-order valence-corrected chi connectivity index (χ3v) is 7.29. The summed E-state index contributed by atoms with van der Waals surface area (Å²) < 4.78 is 9.30. The van der Waals surface area contributed by atoms with Gasteiger partial charge in [-0.05, 0) is 49.8 Å². The number of thiazole rings is 1. The maximum absolute atomic E-state index is 13.5. The predicted molar refractivity (Wildman–Crippen MR) is 143 cm³/mol. The van der Waals surface area contributed by atoms with Crippen LogP contribution in [-0.4, -0.2) is 10.4 Å². The molecular formula is C28H21BrN2O3S. The molecule has 4 aromatic rings. The number of hydrogen-bond donors (Lipinski definition) is 0. The van der Waals surface area contributed by atoms with Crippen molar-refractivity contribution in [1.82, 2.24) is 4.57 Å². The number of halogens is 1. The van der Waals surface area contributed by atoms with Crippen molar-refractivity contribution in [2.24, 2.45) is 4.99 Å². The topological polar surface area (TPSA) is 64.6 Å². The number of carbonyl (C=O) groups excluding carboxylic acids is 1. The minimum atomic E-state index is -0.673. The normalized spacial score (nSPS) is 16.0. The molecule has 2 aromatic carbocycles. The van der Waals surface area contributed by atoms with E-state index in [0.29, 0.717) is 32.1 Å². The van der Waals surface area contributed by atoms with Crippen LogP contribution in [0.25, 0.3) is 23.5 Å². The van der Waals surface area contributed by atoms with Crippen molar-refractivity contribution in [2.45, 2.75) is 19.9 Å². The summed E-state index contributed by atoms with van der Waals surface area (Å²) in [5.74, 6) is 1.05. The van der Waals surface area contributed by atoms with Gasteiger partial charge in [0.15, 0.2) is 10.6 Å². The van der Waals surface area contributed by atoms with Crippen LogP contribution in [0.5, 0.6) is 0 Å². The van der Waals surface area contributed by atoms with E-state index >= 15 is 0 Å². The summed E-state index contributed by atoms with van der Waals surface area (Å²) in [4.78, 5) is 31.3. The number of ketones is 1.